The van der Waals surface area contributed by atoms with E-state index in [4.69, 9.17) is 5.73 Å². The predicted octanol–water partition coefficient (Wildman–Crippen LogP) is 0.964. The van der Waals surface area contributed by atoms with E-state index in [-0.39, 0.29) is 18.0 Å². The van der Waals surface area contributed by atoms with E-state index in [2.05, 4.69) is 14.9 Å². The Morgan fingerprint density at radius 3 is 2.50 bits per heavy atom. The minimum atomic E-state index is -3.62. The highest BCUT2D eigenvalue weighted by atomic mass is 32.2. The SMILES string of the molecule is Cc1ccc(CNS(=O)(=O)c2c(CN)n[nH]c2C)cc1. The van der Waals surface area contributed by atoms with Gasteiger partial charge >= 0.3 is 0 Å². The summed E-state index contributed by atoms with van der Waals surface area (Å²) in [6, 6.07) is 7.67. The Morgan fingerprint density at radius 1 is 1.25 bits per heavy atom. The molecule has 4 N–H and O–H groups in total. The van der Waals surface area contributed by atoms with Gasteiger partial charge in [0.2, 0.25) is 10.0 Å². The Balaban J connectivity index is 2.19. The Bertz CT molecular complexity index is 690. The Morgan fingerprint density at radius 2 is 1.90 bits per heavy atom. The smallest absolute Gasteiger partial charge is 0.244 e. The van der Waals surface area contributed by atoms with Crippen LogP contribution in [0.4, 0.5) is 0 Å². The summed E-state index contributed by atoms with van der Waals surface area (Å²) in [7, 11) is -3.62. The molecule has 0 aliphatic rings. The molecule has 0 saturated heterocycles. The third kappa shape index (κ3) is 3.06. The molecular weight excluding hydrogens is 276 g/mol. The highest BCUT2D eigenvalue weighted by molar-refractivity contribution is 7.89. The Hall–Kier alpha value is -1.70. The van der Waals surface area contributed by atoms with Crippen molar-refractivity contribution in [2.75, 3.05) is 0 Å². The fourth-order valence-corrected chi connectivity index (χ4v) is 3.31. The molecule has 0 radical (unpaired) electrons. The molecule has 0 saturated carbocycles. The number of benzene rings is 1. The first-order chi connectivity index (χ1) is 9.44. The van der Waals surface area contributed by atoms with Gasteiger partial charge in [0.25, 0.3) is 0 Å². The Labute approximate surface area is 118 Å². The zero-order valence-electron chi connectivity index (χ0n) is 11.5. The normalized spacial score (nSPS) is 11.8. The average Bonchev–Trinajstić information content (AvgIpc) is 2.80. The van der Waals surface area contributed by atoms with Crippen LogP contribution in [0.1, 0.15) is 22.5 Å². The molecule has 0 bridgehead atoms. The molecule has 7 heteroatoms. The molecule has 2 aromatic rings. The lowest BCUT2D eigenvalue weighted by Gasteiger charge is -2.08. The first-order valence-electron chi connectivity index (χ1n) is 6.23. The lowest BCUT2D eigenvalue weighted by Crippen LogP contribution is -2.25. The number of aryl methyl sites for hydroxylation is 2. The second kappa shape index (κ2) is 5.74. The van der Waals surface area contributed by atoms with E-state index in [9.17, 15) is 8.42 Å². The van der Waals surface area contributed by atoms with Crippen molar-refractivity contribution in [2.24, 2.45) is 5.73 Å². The molecule has 0 amide bonds. The number of H-pyrrole nitrogens is 1. The zero-order valence-corrected chi connectivity index (χ0v) is 12.3. The first-order valence-corrected chi connectivity index (χ1v) is 7.71. The zero-order chi connectivity index (χ0) is 14.8. The summed E-state index contributed by atoms with van der Waals surface area (Å²) >= 11 is 0. The van der Waals surface area contributed by atoms with Crippen molar-refractivity contribution in [1.29, 1.82) is 0 Å². The number of sulfonamides is 1. The van der Waals surface area contributed by atoms with Crippen LogP contribution < -0.4 is 10.5 Å². The van der Waals surface area contributed by atoms with Crippen molar-refractivity contribution in [3.05, 3.63) is 46.8 Å². The maximum absolute atomic E-state index is 12.3. The highest BCUT2D eigenvalue weighted by Crippen LogP contribution is 2.17. The van der Waals surface area contributed by atoms with E-state index in [0.29, 0.717) is 11.4 Å². The Kier molecular flexibility index (Phi) is 4.22. The summed E-state index contributed by atoms with van der Waals surface area (Å²) in [4.78, 5) is 0.145. The standard InChI is InChI=1S/C13H18N4O2S/c1-9-3-5-11(6-4-9)8-15-20(18,19)13-10(2)16-17-12(13)7-14/h3-6,15H,7-8,14H2,1-2H3,(H,16,17). The number of nitrogens with zero attached hydrogens (tertiary/aromatic N) is 1. The van der Waals surface area contributed by atoms with Gasteiger partial charge in [0.1, 0.15) is 4.90 Å². The molecule has 0 spiro atoms. The van der Waals surface area contributed by atoms with Crippen LogP contribution in [0.15, 0.2) is 29.2 Å². The number of aromatic amines is 1. The van der Waals surface area contributed by atoms with Crippen LogP contribution in [-0.2, 0) is 23.1 Å². The van der Waals surface area contributed by atoms with E-state index in [1.807, 2.05) is 31.2 Å². The van der Waals surface area contributed by atoms with Gasteiger partial charge in [-0.3, -0.25) is 5.10 Å². The summed E-state index contributed by atoms with van der Waals surface area (Å²) in [5, 5.41) is 6.55. The van der Waals surface area contributed by atoms with Crippen LogP contribution in [0.3, 0.4) is 0 Å². The molecule has 20 heavy (non-hydrogen) atoms. The third-order valence-electron chi connectivity index (χ3n) is 3.01. The summed E-state index contributed by atoms with van der Waals surface area (Å²) < 4.78 is 27.2. The van der Waals surface area contributed by atoms with Crippen LogP contribution >= 0.6 is 0 Å². The summed E-state index contributed by atoms with van der Waals surface area (Å²) in [6.07, 6.45) is 0. The van der Waals surface area contributed by atoms with E-state index in [1.54, 1.807) is 6.92 Å². The van der Waals surface area contributed by atoms with Gasteiger partial charge < -0.3 is 5.73 Å². The van der Waals surface area contributed by atoms with Crippen LogP contribution in [0.2, 0.25) is 0 Å². The minimum Gasteiger partial charge on any atom is -0.325 e. The fraction of sp³-hybridized carbons (Fsp3) is 0.308. The number of hydrogen-bond donors (Lipinski definition) is 3. The van der Waals surface area contributed by atoms with Gasteiger partial charge in [-0.2, -0.15) is 5.10 Å². The third-order valence-corrected chi connectivity index (χ3v) is 4.61. The summed E-state index contributed by atoms with van der Waals surface area (Å²) in [5.41, 5.74) is 8.37. The molecule has 0 unspecified atom stereocenters. The largest absolute Gasteiger partial charge is 0.325 e. The number of rotatable bonds is 5. The van der Waals surface area contributed by atoms with Crippen LogP contribution in [-0.4, -0.2) is 18.6 Å². The molecule has 0 aliphatic heterocycles. The molecule has 0 fully saturated rings. The van der Waals surface area contributed by atoms with Gasteiger partial charge in [0.15, 0.2) is 0 Å². The van der Waals surface area contributed by atoms with Crippen molar-refractivity contribution in [3.63, 3.8) is 0 Å². The molecular formula is C13H18N4O2S. The van der Waals surface area contributed by atoms with Crippen molar-refractivity contribution in [2.45, 2.75) is 31.8 Å². The minimum absolute atomic E-state index is 0.0745. The van der Waals surface area contributed by atoms with E-state index >= 15 is 0 Å². The molecule has 2 rings (SSSR count). The number of aromatic nitrogens is 2. The maximum Gasteiger partial charge on any atom is 0.244 e. The van der Waals surface area contributed by atoms with Crippen LogP contribution in [0.5, 0.6) is 0 Å². The fourth-order valence-electron chi connectivity index (χ4n) is 1.92. The molecule has 0 atom stereocenters. The highest BCUT2D eigenvalue weighted by Gasteiger charge is 2.23. The summed E-state index contributed by atoms with van der Waals surface area (Å²) in [5.74, 6) is 0. The van der Waals surface area contributed by atoms with E-state index in [1.165, 1.54) is 0 Å². The molecule has 6 nitrogen and oxygen atoms in total. The van der Waals surface area contributed by atoms with Crippen molar-refractivity contribution < 1.29 is 8.42 Å². The van der Waals surface area contributed by atoms with Gasteiger partial charge in [-0.25, -0.2) is 13.1 Å². The molecule has 1 aromatic heterocycles. The lowest BCUT2D eigenvalue weighted by molar-refractivity contribution is 0.579. The van der Waals surface area contributed by atoms with Crippen molar-refractivity contribution in [3.8, 4) is 0 Å². The quantitative estimate of drug-likeness (QED) is 0.764. The number of nitrogens with two attached hydrogens (primary N) is 1. The monoisotopic (exact) mass is 294 g/mol. The van der Waals surface area contributed by atoms with Crippen molar-refractivity contribution in [1.82, 2.24) is 14.9 Å². The topological polar surface area (TPSA) is 101 Å². The van der Waals surface area contributed by atoms with Crippen molar-refractivity contribution >= 4 is 10.0 Å². The second-order valence-corrected chi connectivity index (χ2v) is 6.34. The molecule has 0 aliphatic carbocycles. The van der Waals surface area contributed by atoms with Crippen LogP contribution in [0.25, 0.3) is 0 Å². The van der Waals surface area contributed by atoms with Gasteiger partial charge in [-0.1, -0.05) is 29.8 Å². The predicted molar refractivity (Wildman–Crippen MR) is 76.4 cm³/mol. The van der Waals surface area contributed by atoms with Gasteiger partial charge in [-0.15, -0.1) is 0 Å². The van der Waals surface area contributed by atoms with Gasteiger partial charge in [-0.05, 0) is 19.4 Å². The second-order valence-electron chi connectivity index (χ2n) is 4.64. The van der Waals surface area contributed by atoms with E-state index < -0.39 is 10.0 Å². The molecule has 108 valence electrons. The number of hydrogen-bond acceptors (Lipinski definition) is 4. The summed E-state index contributed by atoms with van der Waals surface area (Å²) in [6.45, 7) is 3.95. The lowest BCUT2D eigenvalue weighted by atomic mass is 10.2. The number of nitrogens with one attached hydrogen (secondary N) is 2. The molecule has 1 heterocycles. The van der Waals surface area contributed by atoms with Crippen LogP contribution in [0, 0.1) is 13.8 Å². The maximum atomic E-state index is 12.3. The first kappa shape index (κ1) is 14.7. The average molecular weight is 294 g/mol. The van der Waals surface area contributed by atoms with E-state index in [0.717, 1.165) is 11.1 Å². The van der Waals surface area contributed by atoms with Gasteiger partial charge in [0, 0.05) is 13.1 Å². The van der Waals surface area contributed by atoms with Gasteiger partial charge in [0.05, 0.1) is 11.4 Å². The molecule has 1 aromatic carbocycles.